The van der Waals surface area contributed by atoms with Gasteiger partial charge < -0.3 is 10.2 Å². The summed E-state index contributed by atoms with van der Waals surface area (Å²) in [4.78, 5) is 10.8. The van der Waals surface area contributed by atoms with Gasteiger partial charge in [0.05, 0.1) is 16.3 Å². The van der Waals surface area contributed by atoms with Crippen LogP contribution >= 0.6 is 0 Å². The van der Waals surface area contributed by atoms with E-state index in [9.17, 15) is 22.9 Å². The van der Waals surface area contributed by atoms with Gasteiger partial charge in [-0.05, 0) is 41.8 Å². The van der Waals surface area contributed by atoms with Gasteiger partial charge in [0, 0.05) is 5.39 Å². The summed E-state index contributed by atoms with van der Waals surface area (Å²) in [5.41, 5.74) is 0.217. The van der Waals surface area contributed by atoms with Crippen LogP contribution in [0.1, 0.15) is 10.4 Å². The fraction of sp³-hybridized carbons (Fsp3) is 0. The zero-order valence-corrected chi connectivity index (χ0v) is 13.9. The third kappa shape index (κ3) is 3.53. The Morgan fingerprint density at radius 2 is 1.73 bits per heavy atom. The van der Waals surface area contributed by atoms with Crippen LogP contribution in [-0.2, 0) is 10.1 Å². The van der Waals surface area contributed by atoms with Gasteiger partial charge in [-0.15, -0.1) is 5.11 Å². The molecule has 26 heavy (non-hydrogen) atoms. The first kappa shape index (κ1) is 17.5. The summed E-state index contributed by atoms with van der Waals surface area (Å²) in [6, 6.07) is 12.9. The molecule has 0 aliphatic carbocycles. The molecular weight excluding hydrogens is 360 g/mol. The number of aromatic carboxylic acids is 1. The number of phenols is 1. The molecule has 3 rings (SSSR count). The predicted molar refractivity (Wildman–Crippen MR) is 93.0 cm³/mol. The number of aromatic hydroxyl groups is 1. The average molecular weight is 372 g/mol. The van der Waals surface area contributed by atoms with Crippen LogP contribution in [0.5, 0.6) is 5.75 Å². The summed E-state index contributed by atoms with van der Waals surface area (Å²) in [5.74, 6) is -1.69. The number of carbonyl (C=O) groups is 1. The van der Waals surface area contributed by atoms with E-state index in [0.29, 0.717) is 16.5 Å². The lowest BCUT2D eigenvalue weighted by atomic mass is 10.1. The lowest BCUT2D eigenvalue weighted by Gasteiger charge is -2.04. The van der Waals surface area contributed by atoms with Crippen molar-refractivity contribution in [2.75, 3.05) is 0 Å². The highest BCUT2D eigenvalue weighted by Crippen LogP contribution is 2.30. The maximum Gasteiger partial charge on any atom is 0.339 e. The Balaban J connectivity index is 2.07. The predicted octanol–water partition coefficient (Wildman–Crippen LogP) is 3.91. The quantitative estimate of drug-likeness (QED) is 0.469. The zero-order chi connectivity index (χ0) is 18.9. The van der Waals surface area contributed by atoms with Gasteiger partial charge in [-0.1, -0.05) is 18.2 Å². The van der Waals surface area contributed by atoms with E-state index in [2.05, 4.69) is 10.2 Å². The van der Waals surface area contributed by atoms with Gasteiger partial charge >= 0.3 is 5.97 Å². The summed E-state index contributed by atoms with van der Waals surface area (Å²) in [5, 5.41) is 27.6. The second kappa shape index (κ2) is 6.54. The van der Waals surface area contributed by atoms with Crippen molar-refractivity contribution in [2.45, 2.75) is 4.90 Å². The number of azo groups is 1. The fourth-order valence-corrected chi connectivity index (χ4v) is 2.86. The molecule has 0 spiro atoms. The van der Waals surface area contributed by atoms with Crippen LogP contribution in [0.2, 0.25) is 0 Å². The van der Waals surface area contributed by atoms with Crippen LogP contribution in [0, 0.1) is 0 Å². The number of carboxylic acid groups (broad SMARTS) is 1. The number of carboxylic acids is 1. The minimum Gasteiger partial charge on any atom is -0.507 e. The molecule has 3 aromatic rings. The third-order valence-electron chi connectivity index (χ3n) is 3.61. The van der Waals surface area contributed by atoms with Gasteiger partial charge in [0.25, 0.3) is 10.1 Å². The van der Waals surface area contributed by atoms with E-state index in [0.717, 1.165) is 6.07 Å². The molecule has 0 saturated carbocycles. The number of hydrogen-bond donors (Lipinski definition) is 3. The van der Waals surface area contributed by atoms with Gasteiger partial charge in [-0.25, -0.2) is 4.79 Å². The van der Waals surface area contributed by atoms with Crippen molar-refractivity contribution in [2.24, 2.45) is 10.2 Å². The molecule has 0 unspecified atom stereocenters. The Morgan fingerprint density at radius 1 is 0.962 bits per heavy atom. The van der Waals surface area contributed by atoms with E-state index in [-0.39, 0.29) is 21.9 Å². The van der Waals surface area contributed by atoms with Crippen LogP contribution in [0.4, 0.5) is 11.4 Å². The topological polar surface area (TPSA) is 137 Å². The number of benzene rings is 3. The van der Waals surface area contributed by atoms with Gasteiger partial charge in [-0.3, -0.25) is 4.55 Å². The summed E-state index contributed by atoms with van der Waals surface area (Å²) in [6.45, 7) is 0. The smallest absolute Gasteiger partial charge is 0.339 e. The Kier molecular flexibility index (Phi) is 4.41. The molecule has 0 aromatic heterocycles. The number of nitrogens with zero attached hydrogens (tertiary/aromatic N) is 2. The van der Waals surface area contributed by atoms with E-state index in [1.165, 1.54) is 30.3 Å². The van der Waals surface area contributed by atoms with Crippen LogP contribution < -0.4 is 0 Å². The molecule has 0 atom stereocenters. The van der Waals surface area contributed by atoms with Crippen molar-refractivity contribution < 1.29 is 28.0 Å². The van der Waals surface area contributed by atoms with Crippen LogP contribution in [0.15, 0.2) is 69.7 Å². The van der Waals surface area contributed by atoms with Crippen LogP contribution in [0.3, 0.4) is 0 Å². The highest BCUT2D eigenvalue weighted by Gasteiger charge is 2.12. The van der Waals surface area contributed by atoms with Gasteiger partial charge in [0.2, 0.25) is 0 Å². The average Bonchev–Trinajstić information content (AvgIpc) is 2.59. The molecule has 0 aliphatic rings. The van der Waals surface area contributed by atoms with E-state index in [1.807, 2.05) is 0 Å². The second-order valence-electron chi connectivity index (χ2n) is 5.34. The van der Waals surface area contributed by atoms with Crippen molar-refractivity contribution >= 4 is 38.2 Å². The Morgan fingerprint density at radius 3 is 2.42 bits per heavy atom. The molecule has 0 aliphatic heterocycles. The highest BCUT2D eigenvalue weighted by atomic mass is 32.2. The Labute approximate surface area is 147 Å². The van der Waals surface area contributed by atoms with Crippen molar-refractivity contribution in [3.8, 4) is 5.75 Å². The number of rotatable bonds is 4. The molecule has 0 saturated heterocycles. The zero-order valence-electron chi connectivity index (χ0n) is 13.1. The van der Waals surface area contributed by atoms with Crippen LogP contribution in [-0.4, -0.2) is 29.2 Å². The summed E-state index contributed by atoms with van der Waals surface area (Å²) < 4.78 is 31.8. The summed E-state index contributed by atoms with van der Waals surface area (Å²) in [7, 11) is -4.36. The molecule has 0 bridgehead atoms. The molecule has 0 radical (unpaired) electrons. The monoisotopic (exact) mass is 372 g/mol. The molecule has 8 nitrogen and oxygen atoms in total. The molecule has 0 fully saturated rings. The van der Waals surface area contributed by atoms with Gasteiger partial charge in [-0.2, -0.15) is 13.5 Å². The normalized spacial score (nSPS) is 11.9. The lowest BCUT2D eigenvalue weighted by molar-refractivity contribution is 0.0693. The minimum absolute atomic E-state index is 0.197. The van der Waals surface area contributed by atoms with E-state index < -0.39 is 16.1 Å². The maximum atomic E-state index is 11.3. The van der Waals surface area contributed by atoms with E-state index >= 15 is 0 Å². The van der Waals surface area contributed by atoms with Crippen molar-refractivity contribution in [1.82, 2.24) is 0 Å². The molecular formula is C17H12N2O6S. The lowest BCUT2D eigenvalue weighted by Crippen LogP contribution is -1.97. The number of fused-ring (bicyclic) bond motifs is 1. The standard InChI is InChI=1S/C17H12N2O6S/c20-16-7-5-11(8-14(16)17(21)22)18-19-15-3-1-2-10-4-6-12(9-13(10)15)26(23,24)25/h1-9,20H,(H,21,22)(H,23,24,25). The number of hydrogen-bond acceptors (Lipinski definition) is 6. The first-order valence-corrected chi connectivity index (χ1v) is 8.68. The van der Waals surface area contributed by atoms with E-state index in [1.54, 1.807) is 18.2 Å². The van der Waals surface area contributed by atoms with Crippen LogP contribution in [0.25, 0.3) is 10.8 Å². The molecule has 9 heteroatoms. The SMILES string of the molecule is O=C(O)c1cc(N=Nc2cccc3ccc(S(=O)(=O)O)cc23)ccc1O. The highest BCUT2D eigenvalue weighted by molar-refractivity contribution is 7.85. The van der Waals surface area contributed by atoms with Crippen molar-refractivity contribution in [3.05, 3.63) is 60.2 Å². The van der Waals surface area contributed by atoms with Gasteiger partial charge in [0.15, 0.2) is 0 Å². The summed E-state index contributed by atoms with van der Waals surface area (Å²) in [6.07, 6.45) is 0. The molecule has 0 heterocycles. The van der Waals surface area contributed by atoms with E-state index in [4.69, 9.17) is 5.11 Å². The minimum atomic E-state index is -4.36. The first-order valence-electron chi connectivity index (χ1n) is 7.24. The molecule has 0 amide bonds. The van der Waals surface area contributed by atoms with Crippen molar-refractivity contribution in [1.29, 1.82) is 0 Å². The molecule has 3 aromatic carbocycles. The molecule has 132 valence electrons. The maximum absolute atomic E-state index is 11.3. The van der Waals surface area contributed by atoms with Crippen molar-refractivity contribution in [3.63, 3.8) is 0 Å². The largest absolute Gasteiger partial charge is 0.507 e. The third-order valence-corrected chi connectivity index (χ3v) is 4.46. The second-order valence-corrected chi connectivity index (χ2v) is 6.76. The fourth-order valence-electron chi connectivity index (χ4n) is 2.35. The van der Waals surface area contributed by atoms with Gasteiger partial charge in [0.1, 0.15) is 11.3 Å². The summed E-state index contributed by atoms with van der Waals surface area (Å²) >= 11 is 0. The molecule has 3 N–H and O–H groups in total. The Hall–Kier alpha value is -3.30. The first-order chi connectivity index (χ1) is 12.3. The Bertz CT molecular complexity index is 1160.